The summed E-state index contributed by atoms with van der Waals surface area (Å²) in [7, 11) is 4.76. The van der Waals surface area contributed by atoms with Gasteiger partial charge in [0.25, 0.3) is 0 Å². The molecule has 0 rings (SSSR count). The summed E-state index contributed by atoms with van der Waals surface area (Å²) in [6, 6.07) is 0. The van der Waals surface area contributed by atoms with Gasteiger partial charge in [0.15, 0.2) is 0 Å². The Morgan fingerprint density at radius 3 is 1.25 bits per heavy atom. The Morgan fingerprint density at radius 1 is 1.25 bits per heavy atom. The predicted octanol–water partition coefficient (Wildman–Crippen LogP) is -2.33. The Bertz CT molecular complexity index is 6.00. The fraction of sp³-hybridized carbons (Fsp3) is 0. The summed E-state index contributed by atoms with van der Waals surface area (Å²) in [5.74, 6) is 0. The van der Waals surface area contributed by atoms with E-state index in [4.69, 9.17) is 10.0 Å². The van der Waals surface area contributed by atoms with Gasteiger partial charge in [0.2, 0.25) is 0 Å². The van der Waals surface area contributed by atoms with Crippen LogP contribution in [-0.4, -0.2) is 44.1 Å². The van der Waals surface area contributed by atoms with Crippen LogP contribution in [0.1, 0.15) is 0 Å². The number of hydrogen-bond donors (Lipinski definition) is 0. The normalized spacial score (nSPS) is 1.50. The standard InChI is InChI=1S/ClGeH2.GeH3.H2Si/c1-2;;/h2H2;1H3;1H2. The first kappa shape index (κ1) is 17.5. The first-order valence-corrected chi connectivity index (χ1v) is 4.17. The molecule has 0 aliphatic heterocycles. The van der Waals surface area contributed by atoms with Crippen molar-refractivity contribution in [2.45, 2.75) is 0 Å². The molecule has 0 bridgehead atoms. The van der Waals surface area contributed by atoms with Gasteiger partial charge < -0.3 is 0 Å². The average molecular weight is 216 g/mol. The van der Waals surface area contributed by atoms with Crippen molar-refractivity contribution < 1.29 is 0 Å². The molecule has 0 aliphatic carbocycles. The van der Waals surface area contributed by atoms with Crippen LogP contribution < -0.4 is 0 Å². The summed E-state index contributed by atoms with van der Waals surface area (Å²) in [5, 5.41) is 0. The zero-order chi connectivity index (χ0) is 2.00. The molecule has 0 unspecified atom stereocenters. The van der Waals surface area contributed by atoms with Crippen LogP contribution >= 0.6 is 10.0 Å². The van der Waals surface area contributed by atoms with Crippen LogP contribution in [0.2, 0.25) is 0 Å². The maximum absolute atomic E-state index is 4.76. The van der Waals surface area contributed by atoms with E-state index in [1.807, 2.05) is 0 Å². The number of hydrogen-bond acceptors (Lipinski definition) is 0. The van der Waals surface area contributed by atoms with Crippen LogP contribution in [-0.2, 0) is 0 Å². The van der Waals surface area contributed by atoms with Crippen molar-refractivity contribution in [2.75, 3.05) is 0 Å². The van der Waals surface area contributed by atoms with E-state index >= 15 is 0 Å². The first-order valence-electron chi connectivity index (χ1n) is 0.267. The molecule has 0 nitrogen and oxygen atoms in total. The summed E-state index contributed by atoms with van der Waals surface area (Å²) in [6.07, 6.45) is 0. The Morgan fingerprint density at radius 2 is 1.25 bits per heavy atom. The van der Waals surface area contributed by atoms with Crippen LogP contribution in [0.15, 0.2) is 0 Å². The van der Waals surface area contributed by atoms with Gasteiger partial charge in [-0.1, -0.05) is 0 Å². The van der Waals surface area contributed by atoms with Gasteiger partial charge in [-0.25, -0.2) is 0 Å². The minimum atomic E-state index is 0. The fourth-order valence-corrected chi connectivity index (χ4v) is 0. The molecule has 4 heavy (non-hydrogen) atoms. The van der Waals surface area contributed by atoms with E-state index in [0.717, 1.165) is 15.6 Å². The SMILES string of the molecule is [Cl][GeH2].[GeH3].[SiH2]. The predicted molar refractivity (Wildman–Crippen MR) is 32.9 cm³/mol. The van der Waals surface area contributed by atoms with E-state index in [-0.39, 0.29) is 28.6 Å². The molecule has 0 fully saturated rings. The molecule has 0 saturated carbocycles. The molecular weight excluding hydrogens is 209 g/mol. The molecule has 0 aromatic heterocycles. The molecule has 0 aromatic carbocycles. The minimum Gasteiger partial charge on any atom is -0.00934 e. The largest absolute Gasteiger partial charge is 0.00934 e. The Labute approximate surface area is 54.1 Å². The second-order valence-corrected chi connectivity index (χ2v) is 0. The van der Waals surface area contributed by atoms with Crippen LogP contribution in [0.5, 0.6) is 0 Å². The van der Waals surface area contributed by atoms with E-state index < -0.39 is 0 Å². The molecule has 0 amide bonds. The summed E-state index contributed by atoms with van der Waals surface area (Å²) in [4.78, 5) is 0. The molecule has 4 radical (unpaired) electrons. The van der Waals surface area contributed by atoms with Gasteiger partial charge in [-0.05, 0) is 11.0 Å². The van der Waals surface area contributed by atoms with Gasteiger partial charge in [0.05, 0.1) is 0 Å². The maximum Gasteiger partial charge on any atom is -0.00934 e. The van der Waals surface area contributed by atoms with Crippen molar-refractivity contribution in [1.29, 1.82) is 0 Å². The molecule has 0 heterocycles. The summed E-state index contributed by atoms with van der Waals surface area (Å²) < 4.78 is 0. The summed E-state index contributed by atoms with van der Waals surface area (Å²) >= 11 is 0.847. The molecule has 0 N–H and O–H groups in total. The second kappa shape index (κ2) is 23.4. The van der Waals surface area contributed by atoms with Gasteiger partial charge in [0, 0.05) is 0 Å². The topological polar surface area (TPSA) is 0 Å². The average Bonchev–Trinajstić information content (AvgIpc) is 1.00. The smallest absolute Gasteiger partial charge is 0.00934 e. The van der Waals surface area contributed by atoms with Gasteiger partial charge in [-0.2, -0.15) is 0 Å². The molecular formula is H7ClGe2Si. The van der Waals surface area contributed by atoms with Crippen LogP contribution in [0.4, 0.5) is 0 Å². The third kappa shape index (κ3) is 9.52. The van der Waals surface area contributed by atoms with Crippen LogP contribution in [0.25, 0.3) is 0 Å². The van der Waals surface area contributed by atoms with Crippen LogP contribution in [0, 0.1) is 0 Å². The Hall–Kier alpha value is 1.59. The van der Waals surface area contributed by atoms with E-state index in [1.54, 1.807) is 0 Å². The maximum atomic E-state index is 4.76. The summed E-state index contributed by atoms with van der Waals surface area (Å²) in [5.41, 5.74) is 0. The zero-order valence-corrected chi connectivity index (χ0v) is 12.1. The molecule has 0 atom stereocenters. The Kier molecular flexibility index (Phi) is 103. The number of rotatable bonds is 0. The fourth-order valence-electron chi connectivity index (χ4n) is 0. The van der Waals surface area contributed by atoms with Crippen molar-refractivity contribution in [3.8, 4) is 0 Å². The molecule has 0 aliphatic rings. The van der Waals surface area contributed by atoms with Crippen molar-refractivity contribution in [3.63, 3.8) is 0 Å². The van der Waals surface area contributed by atoms with Crippen molar-refractivity contribution in [3.05, 3.63) is 0 Å². The van der Waals surface area contributed by atoms with E-state index in [1.165, 1.54) is 0 Å². The first-order chi connectivity index (χ1) is 1.00. The van der Waals surface area contributed by atoms with Crippen LogP contribution in [0.3, 0.4) is 0 Å². The van der Waals surface area contributed by atoms with Gasteiger partial charge >= 0.3 is 43.2 Å². The van der Waals surface area contributed by atoms with Crippen molar-refractivity contribution in [2.24, 2.45) is 0 Å². The summed E-state index contributed by atoms with van der Waals surface area (Å²) in [6.45, 7) is 0. The Balaban J connectivity index is -0.00000000500. The quantitative estimate of drug-likeness (QED) is 0.398. The zero-order valence-electron chi connectivity index (χ0n) is 2.79. The van der Waals surface area contributed by atoms with E-state index in [0.29, 0.717) is 0 Å². The van der Waals surface area contributed by atoms with Crippen molar-refractivity contribution >= 4 is 54.2 Å². The van der Waals surface area contributed by atoms with Gasteiger partial charge in [-0.3, -0.25) is 0 Å². The van der Waals surface area contributed by atoms with E-state index in [9.17, 15) is 0 Å². The third-order valence-corrected chi connectivity index (χ3v) is 0. The molecule has 4 heteroatoms. The minimum absolute atomic E-state index is 0. The monoisotopic (exact) mass is 218 g/mol. The molecule has 0 saturated heterocycles. The van der Waals surface area contributed by atoms with Gasteiger partial charge in [0.1, 0.15) is 0 Å². The molecule has 0 aromatic rings. The second-order valence-electron chi connectivity index (χ2n) is 0. The van der Waals surface area contributed by atoms with Crippen molar-refractivity contribution in [1.82, 2.24) is 0 Å². The van der Waals surface area contributed by atoms with E-state index in [2.05, 4.69) is 0 Å². The molecule has 26 valence electrons. The number of halogens is 1. The molecule has 0 spiro atoms. The van der Waals surface area contributed by atoms with Gasteiger partial charge in [-0.15, -0.1) is 0 Å². The third-order valence-electron chi connectivity index (χ3n) is 0.